The minimum absolute atomic E-state index is 0.181. The third-order valence-corrected chi connectivity index (χ3v) is 5.31. The second-order valence-corrected chi connectivity index (χ2v) is 6.92. The van der Waals surface area contributed by atoms with Crippen LogP contribution in [0.25, 0.3) is 0 Å². The molecule has 0 aliphatic carbocycles. The molecule has 2 nitrogen and oxygen atoms in total. The Morgan fingerprint density at radius 3 is 3.06 bits per heavy atom. The molecule has 1 unspecified atom stereocenters. The van der Waals surface area contributed by atoms with Crippen molar-refractivity contribution in [2.24, 2.45) is 0 Å². The monoisotopic (exact) mass is 263 g/mol. The third kappa shape index (κ3) is 2.31. The van der Waals surface area contributed by atoms with Crippen molar-refractivity contribution in [2.75, 3.05) is 32.1 Å². The number of thioether (sulfide) groups is 1. The van der Waals surface area contributed by atoms with Gasteiger partial charge in [0.25, 0.3) is 0 Å². The van der Waals surface area contributed by atoms with Gasteiger partial charge in [0, 0.05) is 35.2 Å². The van der Waals surface area contributed by atoms with Gasteiger partial charge in [-0.1, -0.05) is 18.2 Å². The second-order valence-electron chi connectivity index (χ2n) is 5.86. The lowest BCUT2D eigenvalue weighted by Gasteiger charge is -2.43. The van der Waals surface area contributed by atoms with Crippen molar-refractivity contribution in [3.8, 4) is 0 Å². The average molecular weight is 263 g/mol. The quantitative estimate of drug-likeness (QED) is 0.814. The van der Waals surface area contributed by atoms with E-state index in [-0.39, 0.29) is 5.54 Å². The molecule has 2 aliphatic rings. The zero-order chi connectivity index (χ0) is 12.6. The van der Waals surface area contributed by atoms with Crippen LogP contribution in [0.15, 0.2) is 29.2 Å². The maximum Gasteiger partial charge on any atom is 0.0645 e. The van der Waals surface area contributed by atoms with Crippen LogP contribution in [0.5, 0.6) is 0 Å². The maximum atomic E-state index is 5.60. The molecule has 0 aromatic heterocycles. The van der Waals surface area contributed by atoms with Crippen LogP contribution in [0.4, 0.5) is 0 Å². The van der Waals surface area contributed by atoms with Gasteiger partial charge in [0.05, 0.1) is 13.2 Å². The van der Waals surface area contributed by atoms with E-state index in [9.17, 15) is 0 Å². The van der Waals surface area contributed by atoms with Crippen LogP contribution in [0.1, 0.15) is 25.3 Å². The molecule has 0 saturated carbocycles. The second kappa shape index (κ2) is 4.87. The number of fused-ring (bicyclic) bond motifs is 1. The third-order valence-electron chi connectivity index (χ3n) is 4.06. The Morgan fingerprint density at radius 1 is 1.39 bits per heavy atom. The van der Waals surface area contributed by atoms with Crippen molar-refractivity contribution in [1.29, 1.82) is 0 Å². The van der Waals surface area contributed by atoms with Gasteiger partial charge in [-0.25, -0.2) is 0 Å². The molecule has 3 heteroatoms. The average Bonchev–Trinajstić information content (AvgIpc) is 2.75. The SMILES string of the molecule is CC1(C)COCCN1CC1CSc2ccccc21. The first-order chi connectivity index (χ1) is 8.67. The van der Waals surface area contributed by atoms with E-state index in [1.54, 1.807) is 5.56 Å². The Bertz CT molecular complexity index is 432. The molecule has 1 fully saturated rings. The van der Waals surface area contributed by atoms with Gasteiger partial charge in [-0.05, 0) is 25.5 Å². The van der Waals surface area contributed by atoms with E-state index in [4.69, 9.17) is 4.74 Å². The van der Waals surface area contributed by atoms with Crippen LogP contribution in [0.3, 0.4) is 0 Å². The Balaban J connectivity index is 1.74. The highest BCUT2D eigenvalue weighted by molar-refractivity contribution is 7.99. The number of ether oxygens (including phenoxy) is 1. The summed E-state index contributed by atoms with van der Waals surface area (Å²) in [4.78, 5) is 4.08. The van der Waals surface area contributed by atoms with Crippen molar-refractivity contribution in [3.63, 3.8) is 0 Å². The molecule has 0 spiro atoms. The van der Waals surface area contributed by atoms with Gasteiger partial charge in [-0.15, -0.1) is 11.8 Å². The van der Waals surface area contributed by atoms with Gasteiger partial charge < -0.3 is 4.74 Å². The lowest BCUT2D eigenvalue weighted by molar-refractivity contribution is -0.0525. The molecule has 1 aromatic rings. The summed E-state index contributed by atoms with van der Waals surface area (Å²) in [5, 5.41) is 0. The first-order valence-electron chi connectivity index (χ1n) is 6.71. The number of rotatable bonds is 2. The Kier molecular flexibility index (Phi) is 3.39. The van der Waals surface area contributed by atoms with Gasteiger partial charge >= 0.3 is 0 Å². The summed E-state index contributed by atoms with van der Waals surface area (Å²) < 4.78 is 5.60. The highest BCUT2D eigenvalue weighted by Crippen LogP contribution is 2.40. The maximum absolute atomic E-state index is 5.60. The van der Waals surface area contributed by atoms with Gasteiger partial charge in [-0.3, -0.25) is 4.90 Å². The molecule has 0 N–H and O–H groups in total. The minimum atomic E-state index is 0.181. The van der Waals surface area contributed by atoms with Crippen LogP contribution in [0.2, 0.25) is 0 Å². The van der Waals surface area contributed by atoms with Crippen LogP contribution in [-0.4, -0.2) is 42.5 Å². The molecule has 2 heterocycles. The smallest absolute Gasteiger partial charge is 0.0645 e. The predicted octanol–water partition coefficient (Wildman–Crippen LogP) is 2.99. The van der Waals surface area contributed by atoms with E-state index in [0.29, 0.717) is 5.92 Å². The first-order valence-corrected chi connectivity index (χ1v) is 7.70. The summed E-state index contributed by atoms with van der Waals surface area (Å²) in [5.41, 5.74) is 1.73. The molecular weight excluding hydrogens is 242 g/mol. The van der Waals surface area contributed by atoms with Crippen LogP contribution < -0.4 is 0 Å². The molecule has 98 valence electrons. The molecule has 0 amide bonds. The van der Waals surface area contributed by atoms with Crippen molar-refractivity contribution in [2.45, 2.75) is 30.2 Å². The number of morpholine rings is 1. The zero-order valence-corrected chi connectivity index (χ0v) is 12.0. The molecule has 0 bridgehead atoms. The first kappa shape index (κ1) is 12.5. The summed E-state index contributed by atoms with van der Waals surface area (Å²) >= 11 is 2.01. The summed E-state index contributed by atoms with van der Waals surface area (Å²) in [6.45, 7) is 8.55. The van der Waals surface area contributed by atoms with Gasteiger partial charge in [0.2, 0.25) is 0 Å². The molecular formula is C15H21NOS. The number of hydrogen-bond acceptors (Lipinski definition) is 3. The van der Waals surface area contributed by atoms with Crippen LogP contribution in [-0.2, 0) is 4.74 Å². The molecule has 1 atom stereocenters. The normalized spacial score (nSPS) is 27.1. The fourth-order valence-corrected chi connectivity index (χ4v) is 4.12. The summed E-state index contributed by atoms with van der Waals surface area (Å²) in [7, 11) is 0. The largest absolute Gasteiger partial charge is 0.378 e. The highest BCUT2D eigenvalue weighted by Gasteiger charge is 2.34. The lowest BCUT2D eigenvalue weighted by Crippen LogP contribution is -2.54. The molecule has 18 heavy (non-hydrogen) atoms. The fourth-order valence-electron chi connectivity index (χ4n) is 2.88. The van der Waals surface area contributed by atoms with Crippen molar-refractivity contribution >= 4 is 11.8 Å². The van der Waals surface area contributed by atoms with Gasteiger partial charge in [0.15, 0.2) is 0 Å². The minimum Gasteiger partial charge on any atom is -0.378 e. The molecule has 1 saturated heterocycles. The molecule has 1 aromatic carbocycles. The van der Waals surface area contributed by atoms with E-state index in [1.165, 1.54) is 17.2 Å². The van der Waals surface area contributed by atoms with E-state index in [2.05, 4.69) is 43.0 Å². The van der Waals surface area contributed by atoms with E-state index in [1.807, 2.05) is 11.8 Å². The summed E-state index contributed by atoms with van der Waals surface area (Å²) in [5.74, 6) is 1.91. The van der Waals surface area contributed by atoms with Crippen molar-refractivity contribution in [3.05, 3.63) is 29.8 Å². The van der Waals surface area contributed by atoms with Gasteiger partial charge in [-0.2, -0.15) is 0 Å². The van der Waals surface area contributed by atoms with E-state index < -0.39 is 0 Å². The van der Waals surface area contributed by atoms with Gasteiger partial charge in [0.1, 0.15) is 0 Å². The summed E-state index contributed by atoms with van der Waals surface area (Å²) in [6, 6.07) is 8.87. The Hall–Kier alpha value is -0.510. The van der Waals surface area contributed by atoms with Crippen LogP contribution in [0, 0.1) is 0 Å². The topological polar surface area (TPSA) is 12.5 Å². The van der Waals surface area contributed by atoms with Crippen LogP contribution >= 0.6 is 11.8 Å². The molecule has 0 radical (unpaired) electrons. The fraction of sp³-hybridized carbons (Fsp3) is 0.600. The Morgan fingerprint density at radius 2 is 2.22 bits per heavy atom. The van der Waals surface area contributed by atoms with E-state index in [0.717, 1.165) is 19.8 Å². The van der Waals surface area contributed by atoms with Crippen molar-refractivity contribution in [1.82, 2.24) is 4.90 Å². The standard InChI is InChI=1S/C15H21NOS/c1-15(2)11-17-8-7-16(15)9-12-10-18-14-6-4-3-5-13(12)14/h3-6,12H,7-11H2,1-2H3. The number of benzene rings is 1. The summed E-state index contributed by atoms with van der Waals surface area (Å²) in [6.07, 6.45) is 0. The van der Waals surface area contributed by atoms with Crippen molar-refractivity contribution < 1.29 is 4.74 Å². The lowest BCUT2D eigenvalue weighted by atomic mass is 9.96. The predicted molar refractivity (Wildman–Crippen MR) is 76.4 cm³/mol. The Labute approximate surface area is 114 Å². The highest BCUT2D eigenvalue weighted by atomic mass is 32.2. The number of nitrogens with zero attached hydrogens (tertiary/aromatic N) is 1. The molecule has 2 aliphatic heterocycles. The number of hydrogen-bond donors (Lipinski definition) is 0. The molecule has 3 rings (SSSR count). The van der Waals surface area contributed by atoms with E-state index >= 15 is 0 Å². The zero-order valence-electron chi connectivity index (χ0n) is 11.2.